The molecule has 6 heteroatoms. The molecule has 1 aromatic rings. The molecule has 21 heavy (non-hydrogen) atoms. The van der Waals surface area contributed by atoms with Crippen molar-refractivity contribution in [3.8, 4) is 0 Å². The van der Waals surface area contributed by atoms with Crippen LogP contribution in [-0.4, -0.2) is 24.9 Å². The van der Waals surface area contributed by atoms with Crippen LogP contribution in [0.15, 0.2) is 29.4 Å². The number of carbonyl (C=O) groups is 1. The lowest BCUT2D eigenvalue weighted by Gasteiger charge is -2.06. The molecule has 1 amide bonds. The number of hydrogen-bond donors (Lipinski definition) is 2. The Balaban J connectivity index is 2.18. The Morgan fingerprint density at radius 2 is 2.05 bits per heavy atom. The number of oxime groups is 1. The van der Waals surface area contributed by atoms with Gasteiger partial charge in [0.1, 0.15) is 11.7 Å². The van der Waals surface area contributed by atoms with Crippen molar-refractivity contribution in [1.82, 2.24) is 5.32 Å². The summed E-state index contributed by atoms with van der Waals surface area (Å²) < 4.78 is 12.7. The second-order valence-electron chi connectivity index (χ2n) is 5.18. The van der Waals surface area contributed by atoms with E-state index in [2.05, 4.69) is 10.5 Å². The summed E-state index contributed by atoms with van der Waals surface area (Å²) in [6.07, 6.45) is 1.26. The summed E-state index contributed by atoms with van der Waals surface area (Å²) in [7, 11) is 0. The van der Waals surface area contributed by atoms with Gasteiger partial charge in [-0.25, -0.2) is 4.39 Å². The first-order valence-electron chi connectivity index (χ1n) is 6.93. The van der Waals surface area contributed by atoms with Crippen LogP contribution in [-0.2, 0) is 16.1 Å². The quantitative estimate of drug-likeness (QED) is 0.436. The molecule has 0 atom stereocenters. The van der Waals surface area contributed by atoms with Gasteiger partial charge in [-0.3, -0.25) is 4.79 Å². The third-order valence-electron chi connectivity index (χ3n) is 2.64. The first-order chi connectivity index (χ1) is 9.97. The summed E-state index contributed by atoms with van der Waals surface area (Å²) in [4.78, 5) is 16.4. The molecule has 0 spiro atoms. The van der Waals surface area contributed by atoms with Gasteiger partial charge in [0, 0.05) is 13.0 Å². The normalized spacial score (nSPS) is 11.5. The molecule has 1 aromatic carbocycles. The van der Waals surface area contributed by atoms with Gasteiger partial charge >= 0.3 is 0 Å². The number of carbonyl (C=O) groups excluding carboxylic acids is 1. The number of hydrogen-bond acceptors (Lipinski definition) is 3. The highest BCUT2D eigenvalue weighted by Crippen LogP contribution is 2.02. The summed E-state index contributed by atoms with van der Waals surface area (Å²) >= 11 is 0. The minimum Gasteiger partial charge on any atom is -0.384 e. The molecule has 3 N–H and O–H groups in total. The van der Waals surface area contributed by atoms with Crippen molar-refractivity contribution < 1.29 is 14.0 Å². The predicted octanol–water partition coefficient (Wildman–Crippen LogP) is 1.82. The van der Waals surface area contributed by atoms with E-state index in [1.54, 1.807) is 12.1 Å². The average molecular weight is 295 g/mol. The van der Waals surface area contributed by atoms with Gasteiger partial charge in [-0.2, -0.15) is 0 Å². The molecule has 0 saturated carbocycles. The van der Waals surface area contributed by atoms with Crippen LogP contribution in [0.5, 0.6) is 0 Å². The zero-order valence-corrected chi connectivity index (χ0v) is 12.4. The van der Waals surface area contributed by atoms with Gasteiger partial charge in [0.05, 0.1) is 0 Å². The minimum absolute atomic E-state index is 0.164. The van der Waals surface area contributed by atoms with Crippen molar-refractivity contribution in [3.63, 3.8) is 0 Å². The number of rotatable bonds is 8. The molecule has 0 saturated heterocycles. The van der Waals surface area contributed by atoms with E-state index < -0.39 is 0 Å². The number of amidine groups is 1. The number of halogens is 1. The maximum Gasteiger partial charge on any atom is 0.260 e. The third kappa shape index (κ3) is 7.91. The Hall–Kier alpha value is -2.11. The summed E-state index contributed by atoms with van der Waals surface area (Å²) in [6, 6.07) is 6.17. The van der Waals surface area contributed by atoms with E-state index in [1.807, 2.05) is 13.8 Å². The molecule has 5 nitrogen and oxygen atoms in total. The maximum absolute atomic E-state index is 12.7. The van der Waals surface area contributed by atoms with E-state index in [0.717, 1.165) is 5.56 Å². The van der Waals surface area contributed by atoms with Crippen molar-refractivity contribution >= 4 is 11.7 Å². The van der Waals surface area contributed by atoms with Crippen LogP contribution >= 0.6 is 0 Å². The first-order valence-corrected chi connectivity index (χ1v) is 6.93. The van der Waals surface area contributed by atoms with Gasteiger partial charge in [-0.1, -0.05) is 31.1 Å². The van der Waals surface area contributed by atoms with Gasteiger partial charge in [-0.15, -0.1) is 0 Å². The zero-order valence-electron chi connectivity index (χ0n) is 12.4. The predicted molar refractivity (Wildman–Crippen MR) is 80.1 cm³/mol. The summed E-state index contributed by atoms with van der Waals surface area (Å²) in [5.74, 6) is 0.234. The smallest absolute Gasteiger partial charge is 0.260 e. The van der Waals surface area contributed by atoms with Gasteiger partial charge in [0.25, 0.3) is 5.91 Å². The summed E-state index contributed by atoms with van der Waals surface area (Å²) in [6.45, 7) is 4.33. The first kappa shape index (κ1) is 16.9. The molecule has 0 aliphatic carbocycles. The lowest BCUT2D eigenvalue weighted by atomic mass is 10.1. The van der Waals surface area contributed by atoms with E-state index in [4.69, 9.17) is 10.6 Å². The van der Waals surface area contributed by atoms with E-state index in [9.17, 15) is 9.18 Å². The number of benzene rings is 1. The van der Waals surface area contributed by atoms with Crippen LogP contribution in [0.4, 0.5) is 4.39 Å². The van der Waals surface area contributed by atoms with Crippen LogP contribution in [0.3, 0.4) is 0 Å². The van der Waals surface area contributed by atoms with Crippen molar-refractivity contribution in [2.45, 2.75) is 26.7 Å². The van der Waals surface area contributed by atoms with E-state index in [0.29, 0.717) is 31.1 Å². The van der Waals surface area contributed by atoms with Crippen LogP contribution in [0, 0.1) is 11.7 Å². The Morgan fingerprint density at radius 3 is 2.67 bits per heavy atom. The highest BCUT2D eigenvalue weighted by Gasteiger charge is 2.03. The average Bonchev–Trinajstić information content (AvgIpc) is 2.40. The van der Waals surface area contributed by atoms with Gasteiger partial charge in [0.2, 0.25) is 0 Å². The molecule has 0 heterocycles. The molecule has 0 unspecified atom stereocenters. The lowest BCUT2D eigenvalue weighted by molar-refractivity contribution is -0.125. The van der Waals surface area contributed by atoms with Gasteiger partial charge < -0.3 is 15.9 Å². The third-order valence-corrected chi connectivity index (χ3v) is 2.64. The van der Waals surface area contributed by atoms with Crippen LogP contribution in [0.2, 0.25) is 0 Å². The molecule has 0 aliphatic rings. The largest absolute Gasteiger partial charge is 0.384 e. The molecule has 116 valence electrons. The van der Waals surface area contributed by atoms with Crippen LogP contribution < -0.4 is 11.1 Å². The Morgan fingerprint density at radius 1 is 1.38 bits per heavy atom. The molecule has 0 fully saturated rings. The molecule has 0 bridgehead atoms. The topological polar surface area (TPSA) is 76.7 Å². The second kappa shape index (κ2) is 8.94. The highest BCUT2D eigenvalue weighted by atomic mass is 19.1. The fourth-order valence-corrected chi connectivity index (χ4v) is 1.68. The van der Waals surface area contributed by atoms with E-state index in [1.165, 1.54) is 12.1 Å². The monoisotopic (exact) mass is 295 g/mol. The fourth-order valence-electron chi connectivity index (χ4n) is 1.68. The Kier molecular flexibility index (Phi) is 7.21. The van der Waals surface area contributed by atoms with Crippen LogP contribution in [0.1, 0.15) is 25.8 Å². The fraction of sp³-hybridized carbons (Fsp3) is 0.467. The van der Waals surface area contributed by atoms with E-state index in [-0.39, 0.29) is 18.3 Å². The summed E-state index contributed by atoms with van der Waals surface area (Å²) in [5, 5.41) is 6.36. The van der Waals surface area contributed by atoms with Crippen molar-refractivity contribution in [3.05, 3.63) is 35.6 Å². The van der Waals surface area contributed by atoms with Crippen molar-refractivity contribution in [2.24, 2.45) is 16.8 Å². The van der Waals surface area contributed by atoms with Gasteiger partial charge in [-0.05, 0) is 30.0 Å². The Labute approximate surface area is 124 Å². The Bertz CT molecular complexity index is 472. The molecular formula is C15H22FN3O2. The van der Waals surface area contributed by atoms with Gasteiger partial charge in [0.15, 0.2) is 6.61 Å². The van der Waals surface area contributed by atoms with Crippen LogP contribution in [0.25, 0.3) is 0 Å². The van der Waals surface area contributed by atoms with Crippen molar-refractivity contribution in [1.29, 1.82) is 0 Å². The summed E-state index contributed by atoms with van der Waals surface area (Å²) in [5.41, 5.74) is 6.57. The minimum atomic E-state index is -0.270. The molecule has 0 radical (unpaired) electrons. The van der Waals surface area contributed by atoms with E-state index >= 15 is 0 Å². The number of nitrogens with two attached hydrogens (primary N) is 1. The highest BCUT2D eigenvalue weighted by molar-refractivity contribution is 5.80. The lowest BCUT2D eigenvalue weighted by Crippen LogP contribution is -2.29. The SMILES string of the molecule is CC(C)CC(N)=NOCC(=O)NCCc1ccc(F)cc1. The number of nitrogens with one attached hydrogen (secondary N) is 1. The maximum atomic E-state index is 12.7. The van der Waals surface area contributed by atoms with Crippen molar-refractivity contribution in [2.75, 3.05) is 13.2 Å². The second-order valence-corrected chi connectivity index (χ2v) is 5.18. The number of nitrogens with zero attached hydrogens (tertiary/aromatic N) is 1. The molecule has 0 aliphatic heterocycles. The molecule has 0 aromatic heterocycles. The standard InChI is InChI=1S/C15H22FN3O2/c1-11(2)9-14(17)19-21-10-15(20)18-8-7-12-3-5-13(16)6-4-12/h3-6,11H,7-10H2,1-2H3,(H2,17,19)(H,18,20). The molecule has 1 rings (SSSR count). The molecular weight excluding hydrogens is 273 g/mol. The zero-order chi connectivity index (χ0) is 15.7. The number of amides is 1.